The number of amides is 2. The number of nitrogens with one attached hydrogen (secondary N) is 1. The van der Waals surface area contributed by atoms with Crippen molar-refractivity contribution in [3.8, 4) is 5.69 Å². The van der Waals surface area contributed by atoms with Crippen LogP contribution in [0.25, 0.3) is 16.6 Å². The van der Waals surface area contributed by atoms with Gasteiger partial charge < -0.3 is 14.8 Å². The van der Waals surface area contributed by atoms with Gasteiger partial charge in [0, 0.05) is 43.6 Å². The van der Waals surface area contributed by atoms with Gasteiger partial charge in [-0.3, -0.25) is 19.1 Å². The second-order valence-corrected chi connectivity index (χ2v) is 10.7. The van der Waals surface area contributed by atoms with Crippen LogP contribution in [0, 0.1) is 5.41 Å². The van der Waals surface area contributed by atoms with E-state index in [2.05, 4.69) is 15.5 Å². The van der Waals surface area contributed by atoms with E-state index >= 15 is 0 Å². The highest BCUT2D eigenvalue weighted by atomic mass is 16.2. The van der Waals surface area contributed by atoms with Gasteiger partial charge in [-0.2, -0.15) is 10.2 Å². The monoisotopic (exact) mass is 535 g/mol. The van der Waals surface area contributed by atoms with Crippen molar-refractivity contribution >= 4 is 28.4 Å². The molecule has 1 aliphatic heterocycles. The zero-order valence-electron chi connectivity index (χ0n) is 22.6. The van der Waals surface area contributed by atoms with Gasteiger partial charge in [0.15, 0.2) is 0 Å². The summed E-state index contributed by atoms with van der Waals surface area (Å²) in [5.74, 6) is -0.430. The molecular formula is C30H29N7O3. The molecular weight excluding hydrogens is 506 g/mol. The summed E-state index contributed by atoms with van der Waals surface area (Å²) in [5.41, 5.74) is 2.49. The Morgan fingerprint density at radius 1 is 0.950 bits per heavy atom. The number of carbonyl (C=O) groups excluding carboxylic acids is 2. The van der Waals surface area contributed by atoms with E-state index in [9.17, 15) is 14.4 Å². The van der Waals surface area contributed by atoms with Crippen LogP contribution in [0.15, 0.2) is 90.1 Å². The van der Waals surface area contributed by atoms with Crippen molar-refractivity contribution in [3.63, 3.8) is 0 Å². The van der Waals surface area contributed by atoms with Gasteiger partial charge in [-0.25, -0.2) is 4.68 Å². The number of rotatable bonds is 5. The third-order valence-corrected chi connectivity index (χ3v) is 7.66. The number of pyridine rings is 1. The van der Waals surface area contributed by atoms with E-state index in [1.54, 1.807) is 59.1 Å². The van der Waals surface area contributed by atoms with E-state index in [4.69, 9.17) is 0 Å². The number of carbonyl (C=O) groups is 2. The minimum absolute atomic E-state index is 0.0996. The molecule has 4 heterocycles. The summed E-state index contributed by atoms with van der Waals surface area (Å²) in [6.45, 7) is 3.73. The Balaban J connectivity index is 1.43. The van der Waals surface area contributed by atoms with E-state index in [0.717, 1.165) is 22.2 Å². The summed E-state index contributed by atoms with van der Waals surface area (Å²) in [6, 6.07) is 19.4. The SMILES string of the molecule is Cn1ccc(C(=O)N[C@@H]2[C@@H](c3ccccc3)N(c3ccc4c(cnn4-c4ccc(=O)n(C)c4)c3)C(=O)C2(C)C)n1. The molecule has 2 aromatic carbocycles. The Morgan fingerprint density at radius 3 is 2.40 bits per heavy atom. The van der Waals surface area contributed by atoms with Crippen molar-refractivity contribution < 1.29 is 9.59 Å². The smallest absolute Gasteiger partial charge is 0.272 e. The van der Waals surface area contributed by atoms with Crippen LogP contribution in [0.2, 0.25) is 0 Å². The van der Waals surface area contributed by atoms with Gasteiger partial charge in [0.1, 0.15) is 5.69 Å². The zero-order valence-corrected chi connectivity index (χ0v) is 22.6. The summed E-state index contributed by atoms with van der Waals surface area (Å²) in [4.78, 5) is 41.0. The average molecular weight is 536 g/mol. The Morgan fingerprint density at radius 2 is 1.70 bits per heavy atom. The first-order valence-corrected chi connectivity index (χ1v) is 13.0. The maximum absolute atomic E-state index is 14.1. The third kappa shape index (κ3) is 4.08. The highest BCUT2D eigenvalue weighted by molar-refractivity contribution is 6.04. The molecule has 0 aliphatic carbocycles. The van der Waals surface area contributed by atoms with Crippen molar-refractivity contribution in [2.24, 2.45) is 19.5 Å². The first-order chi connectivity index (χ1) is 19.1. The van der Waals surface area contributed by atoms with Crippen LogP contribution in [0.5, 0.6) is 0 Å². The molecule has 0 unspecified atom stereocenters. The fraction of sp³-hybridized carbons (Fsp3) is 0.233. The van der Waals surface area contributed by atoms with Gasteiger partial charge >= 0.3 is 0 Å². The van der Waals surface area contributed by atoms with Gasteiger partial charge in [0.25, 0.3) is 5.91 Å². The standard InChI is InChI=1S/C30H29N7O3/c1-30(2)27(32-28(39)23-14-15-35(4)33-23)26(19-8-6-5-7-9-19)36(29(30)40)21-10-12-24-20(16-21)17-31-37(24)22-11-13-25(38)34(3)18-22/h5-18,26-27H,1-4H3,(H,32,39)/t26-,27-/m1/s1. The second kappa shape index (κ2) is 9.33. The Kier molecular flexibility index (Phi) is 5.90. The van der Waals surface area contributed by atoms with Crippen LogP contribution in [-0.2, 0) is 18.9 Å². The molecule has 0 bridgehead atoms. The Labute approximate surface area is 230 Å². The van der Waals surface area contributed by atoms with Crippen LogP contribution >= 0.6 is 0 Å². The fourth-order valence-electron chi connectivity index (χ4n) is 5.47. The van der Waals surface area contributed by atoms with Gasteiger partial charge in [0.2, 0.25) is 11.5 Å². The van der Waals surface area contributed by atoms with Crippen molar-refractivity contribution in [1.82, 2.24) is 29.4 Å². The number of nitrogens with zero attached hydrogens (tertiary/aromatic N) is 6. The lowest BCUT2D eigenvalue weighted by molar-refractivity contribution is -0.124. The van der Waals surface area contributed by atoms with Crippen LogP contribution in [0.3, 0.4) is 0 Å². The molecule has 10 heteroatoms. The number of hydrogen-bond donors (Lipinski definition) is 1. The van der Waals surface area contributed by atoms with Crippen LogP contribution in [0.4, 0.5) is 5.69 Å². The lowest BCUT2D eigenvalue weighted by Crippen LogP contribution is -2.46. The molecule has 10 nitrogen and oxygen atoms in total. The summed E-state index contributed by atoms with van der Waals surface area (Å²) in [6.07, 6.45) is 5.19. The van der Waals surface area contributed by atoms with E-state index in [0.29, 0.717) is 11.4 Å². The van der Waals surface area contributed by atoms with E-state index in [1.165, 1.54) is 10.6 Å². The third-order valence-electron chi connectivity index (χ3n) is 7.66. The fourth-order valence-corrected chi connectivity index (χ4v) is 5.47. The number of fused-ring (bicyclic) bond motifs is 1. The molecule has 1 aliphatic rings. The molecule has 5 aromatic rings. The number of benzene rings is 2. The first-order valence-electron chi connectivity index (χ1n) is 13.0. The Hall–Kier alpha value is -4.99. The average Bonchev–Trinajstić information content (AvgIpc) is 3.62. The predicted molar refractivity (Wildman–Crippen MR) is 151 cm³/mol. The molecule has 2 amide bonds. The summed E-state index contributed by atoms with van der Waals surface area (Å²) < 4.78 is 4.84. The van der Waals surface area contributed by atoms with Gasteiger partial charge in [0.05, 0.1) is 34.9 Å². The molecule has 0 radical (unpaired) electrons. The quantitative estimate of drug-likeness (QED) is 0.371. The number of aryl methyl sites for hydroxylation is 2. The van der Waals surface area contributed by atoms with E-state index in [-0.39, 0.29) is 17.4 Å². The second-order valence-electron chi connectivity index (χ2n) is 10.7. The maximum atomic E-state index is 14.1. The molecule has 1 N–H and O–H groups in total. The molecule has 1 fully saturated rings. The number of anilines is 1. The highest BCUT2D eigenvalue weighted by Crippen LogP contribution is 2.47. The summed E-state index contributed by atoms with van der Waals surface area (Å²) in [7, 11) is 3.45. The topological polar surface area (TPSA) is 107 Å². The van der Waals surface area contributed by atoms with Crippen molar-refractivity contribution in [2.45, 2.75) is 25.9 Å². The first kappa shape index (κ1) is 25.3. The Bertz CT molecular complexity index is 1820. The minimum atomic E-state index is -0.904. The summed E-state index contributed by atoms with van der Waals surface area (Å²) >= 11 is 0. The maximum Gasteiger partial charge on any atom is 0.272 e. The molecule has 202 valence electrons. The largest absolute Gasteiger partial charge is 0.344 e. The van der Waals surface area contributed by atoms with E-state index in [1.807, 2.05) is 62.4 Å². The molecule has 0 spiro atoms. The summed E-state index contributed by atoms with van der Waals surface area (Å²) in [5, 5.41) is 12.8. The molecule has 3 aromatic heterocycles. The van der Waals surface area contributed by atoms with Gasteiger partial charge in [-0.1, -0.05) is 30.3 Å². The van der Waals surface area contributed by atoms with Crippen molar-refractivity contribution in [2.75, 3.05) is 4.90 Å². The lowest BCUT2D eigenvalue weighted by atomic mass is 9.82. The number of hydrogen-bond acceptors (Lipinski definition) is 5. The zero-order chi connectivity index (χ0) is 28.2. The van der Waals surface area contributed by atoms with Crippen molar-refractivity contribution in [3.05, 3.63) is 107 Å². The lowest BCUT2D eigenvalue weighted by Gasteiger charge is -2.30. The van der Waals surface area contributed by atoms with E-state index < -0.39 is 17.5 Å². The van der Waals surface area contributed by atoms with Crippen LogP contribution < -0.4 is 15.8 Å². The van der Waals surface area contributed by atoms with Crippen molar-refractivity contribution in [1.29, 1.82) is 0 Å². The number of aromatic nitrogens is 5. The van der Waals surface area contributed by atoms with Gasteiger partial charge in [-0.05, 0) is 49.7 Å². The molecule has 1 saturated heterocycles. The normalized spacial score (nSPS) is 18.4. The van der Waals surface area contributed by atoms with Gasteiger partial charge in [-0.15, -0.1) is 0 Å². The van der Waals surface area contributed by atoms with Crippen LogP contribution in [-0.4, -0.2) is 42.0 Å². The highest BCUT2D eigenvalue weighted by Gasteiger charge is 2.55. The molecule has 2 atom stereocenters. The molecule has 0 saturated carbocycles. The molecule has 40 heavy (non-hydrogen) atoms. The molecule has 6 rings (SSSR count). The predicted octanol–water partition coefficient (Wildman–Crippen LogP) is 3.37. The minimum Gasteiger partial charge on any atom is -0.344 e. The van der Waals surface area contributed by atoms with Crippen LogP contribution in [0.1, 0.15) is 35.9 Å².